The van der Waals surface area contributed by atoms with E-state index in [1.54, 1.807) is 0 Å². The Hall–Kier alpha value is -2.86. The maximum atomic E-state index is 13.2. The van der Waals surface area contributed by atoms with Gasteiger partial charge in [-0.05, 0) is 69.1 Å². The lowest BCUT2D eigenvalue weighted by molar-refractivity contribution is -0.137. The van der Waals surface area contributed by atoms with E-state index in [-0.39, 0.29) is 5.92 Å². The molecule has 1 aromatic heterocycles. The molecule has 6 nitrogen and oxygen atoms in total. The number of piperazine rings is 1. The molecule has 33 heavy (non-hydrogen) atoms. The summed E-state index contributed by atoms with van der Waals surface area (Å²) in [4.78, 5) is 25.0. The van der Waals surface area contributed by atoms with Crippen molar-refractivity contribution < 1.29 is 4.79 Å². The first-order chi connectivity index (χ1) is 16.0. The minimum Gasteiger partial charge on any atom is -0.368 e. The van der Waals surface area contributed by atoms with Gasteiger partial charge in [0.05, 0.1) is 17.6 Å². The highest BCUT2D eigenvalue weighted by Crippen LogP contribution is 2.26. The molecular formula is C27H35N5O. The van der Waals surface area contributed by atoms with Gasteiger partial charge in [0.15, 0.2) is 0 Å². The lowest BCUT2D eigenvalue weighted by Gasteiger charge is -2.39. The Morgan fingerprint density at radius 2 is 1.70 bits per heavy atom. The lowest BCUT2D eigenvalue weighted by atomic mass is 9.95. The number of likely N-dealkylation sites (tertiary alicyclic amines) is 1. The quantitative estimate of drug-likeness (QED) is 0.614. The van der Waals surface area contributed by atoms with E-state index in [9.17, 15) is 4.79 Å². The van der Waals surface area contributed by atoms with Gasteiger partial charge in [0.25, 0.3) is 0 Å². The number of para-hydroxylation sites is 2. The third kappa shape index (κ3) is 4.49. The predicted molar refractivity (Wildman–Crippen MR) is 133 cm³/mol. The number of anilines is 1. The van der Waals surface area contributed by atoms with Gasteiger partial charge in [0, 0.05) is 44.8 Å². The van der Waals surface area contributed by atoms with Gasteiger partial charge in [0.1, 0.15) is 5.82 Å². The summed E-state index contributed by atoms with van der Waals surface area (Å²) in [6.07, 6.45) is 1.89. The molecule has 0 atom stereocenters. The highest BCUT2D eigenvalue weighted by molar-refractivity contribution is 5.79. The number of rotatable bonds is 4. The molecule has 3 heterocycles. The summed E-state index contributed by atoms with van der Waals surface area (Å²) in [5.41, 5.74) is 6.16. The van der Waals surface area contributed by atoms with E-state index in [4.69, 9.17) is 4.98 Å². The first kappa shape index (κ1) is 22.0. The number of imidazole rings is 1. The van der Waals surface area contributed by atoms with Crippen molar-refractivity contribution in [2.75, 3.05) is 44.2 Å². The molecule has 2 aromatic carbocycles. The largest absolute Gasteiger partial charge is 0.368 e. The van der Waals surface area contributed by atoms with Crippen LogP contribution in [0.15, 0.2) is 42.5 Å². The van der Waals surface area contributed by atoms with Crippen LogP contribution in [0.4, 0.5) is 5.69 Å². The molecule has 0 spiro atoms. The summed E-state index contributed by atoms with van der Waals surface area (Å²) in [6, 6.07) is 14.9. The Morgan fingerprint density at radius 3 is 2.42 bits per heavy atom. The van der Waals surface area contributed by atoms with E-state index >= 15 is 0 Å². The van der Waals surface area contributed by atoms with Crippen LogP contribution in [0.2, 0.25) is 0 Å². The topological polar surface area (TPSA) is 44.6 Å². The number of aromatic nitrogens is 2. The zero-order valence-corrected chi connectivity index (χ0v) is 20.1. The molecule has 2 saturated heterocycles. The van der Waals surface area contributed by atoms with E-state index in [1.165, 1.54) is 22.3 Å². The predicted octanol–water partition coefficient (Wildman–Crippen LogP) is 3.75. The number of piperidine rings is 1. The van der Waals surface area contributed by atoms with Crippen LogP contribution in [0.3, 0.4) is 0 Å². The molecule has 6 heteroatoms. The molecule has 174 valence electrons. The van der Waals surface area contributed by atoms with Gasteiger partial charge >= 0.3 is 0 Å². The average Bonchev–Trinajstić information content (AvgIpc) is 3.16. The monoisotopic (exact) mass is 445 g/mol. The maximum absolute atomic E-state index is 13.2. The van der Waals surface area contributed by atoms with Crippen molar-refractivity contribution in [3.05, 3.63) is 59.4 Å². The summed E-state index contributed by atoms with van der Waals surface area (Å²) in [7, 11) is 2.10. The number of nitrogens with zero attached hydrogens (tertiary/aromatic N) is 5. The number of amides is 1. The van der Waals surface area contributed by atoms with Gasteiger partial charge in [-0.3, -0.25) is 9.69 Å². The molecule has 0 bridgehead atoms. The van der Waals surface area contributed by atoms with Gasteiger partial charge in [-0.1, -0.05) is 24.3 Å². The Bertz CT molecular complexity index is 1140. The number of benzene rings is 2. The normalized spacial score (nSPS) is 18.3. The number of hydrogen-bond donors (Lipinski definition) is 0. The van der Waals surface area contributed by atoms with Crippen LogP contribution in [0, 0.1) is 19.8 Å². The molecule has 0 aliphatic carbocycles. The van der Waals surface area contributed by atoms with Crippen LogP contribution in [-0.4, -0.2) is 64.5 Å². The summed E-state index contributed by atoms with van der Waals surface area (Å²) < 4.78 is 2.20. The minimum atomic E-state index is 0.161. The summed E-state index contributed by atoms with van der Waals surface area (Å²) in [5, 5.41) is 0. The van der Waals surface area contributed by atoms with Crippen molar-refractivity contribution in [1.82, 2.24) is 19.4 Å². The van der Waals surface area contributed by atoms with Crippen LogP contribution >= 0.6 is 0 Å². The summed E-state index contributed by atoms with van der Waals surface area (Å²) in [5.74, 6) is 1.62. The Kier molecular flexibility index (Phi) is 6.11. The highest BCUT2D eigenvalue weighted by Gasteiger charge is 2.31. The SMILES string of the molecule is Cc1ccc(C)c(N2CCN(C(=O)C3CCN(Cc4nc5ccccc5n4C)CC3)CC2)c1. The molecule has 0 radical (unpaired) electrons. The molecule has 0 N–H and O–H groups in total. The maximum Gasteiger partial charge on any atom is 0.225 e. The highest BCUT2D eigenvalue weighted by atomic mass is 16.2. The van der Waals surface area contributed by atoms with Gasteiger partial charge in [-0.2, -0.15) is 0 Å². The van der Waals surface area contributed by atoms with Crippen molar-refractivity contribution in [3.63, 3.8) is 0 Å². The standard InChI is InChI=1S/C27H35N5O/c1-20-8-9-21(2)25(18-20)31-14-16-32(17-15-31)27(33)22-10-12-30(13-11-22)19-26-28-23-6-4-5-7-24(23)29(26)3/h4-9,18,22H,10-17,19H2,1-3H3. The Labute approximate surface area is 196 Å². The van der Waals surface area contributed by atoms with Crippen LogP contribution in [0.1, 0.15) is 29.8 Å². The fourth-order valence-electron chi connectivity index (χ4n) is 5.36. The van der Waals surface area contributed by atoms with E-state index in [2.05, 4.69) is 76.6 Å². The van der Waals surface area contributed by atoms with Crippen molar-refractivity contribution in [2.45, 2.75) is 33.2 Å². The zero-order chi connectivity index (χ0) is 22.9. The van der Waals surface area contributed by atoms with E-state index in [1.807, 2.05) is 6.07 Å². The van der Waals surface area contributed by atoms with Crippen molar-refractivity contribution >= 4 is 22.6 Å². The van der Waals surface area contributed by atoms with Crippen LogP contribution in [0.5, 0.6) is 0 Å². The number of fused-ring (bicyclic) bond motifs is 1. The minimum absolute atomic E-state index is 0.161. The summed E-state index contributed by atoms with van der Waals surface area (Å²) in [6.45, 7) is 10.6. The smallest absolute Gasteiger partial charge is 0.225 e. The van der Waals surface area contributed by atoms with E-state index in [0.29, 0.717) is 5.91 Å². The van der Waals surface area contributed by atoms with E-state index < -0.39 is 0 Å². The van der Waals surface area contributed by atoms with Gasteiger partial charge in [0.2, 0.25) is 5.91 Å². The average molecular weight is 446 g/mol. The molecular weight excluding hydrogens is 410 g/mol. The van der Waals surface area contributed by atoms with Crippen LogP contribution < -0.4 is 4.90 Å². The van der Waals surface area contributed by atoms with Gasteiger partial charge in [-0.15, -0.1) is 0 Å². The third-order valence-corrected chi connectivity index (χ3v) is 7.48. The lowest BCUT2D eigenvalue weighted by Crippen LogP contribution is -2.51. The second-order valence-electron chi connectivity index (χ2n) is 9.73. The summed E-state index contributed by atoms with van der Waals surface area (Å²) >= 11 is 0. The van der Waals surface area contributed by atoms with Crippen molar-refractivity contribution in [3.8, 4) is 0 Å². The first-order valence-electron chi connectivity index (χ1n) is 12.2. The molecule has 0 saturated carbocycles. The molecule has 0 unspecified atom stereocenters. The molecule has 1 amide bonds. The second kappa shape index (κ2) is 9.18. The molecule has 3 aromatic rings. The number of carbonyl (C=O) groups excluding carboxylic acids is 1. The first-order valence-corrected chi connectivity index (χ1v) is 12.2. The van der Waals surface area contributed by atoms with Crippen molar-refractivity contribution in [2.24, 2.45) is 13.0 Å². The fourth-order valence-corrected chi connectivity index (χ4v) is 5.36. The molecule has 2 fully saturated rings. The molecule has 5 rings (SSSR count). The number of aryl methyl sites for hydroxylation is 3. The number of hydrogen-bond acceptors (Lipinski definition) is 4. The molecule has 2 aliphatic rings. The Morgan fingerprint density at radius 1 is 0.970 bits per heavy atom. The van der Waals surface area contributed by atoms with Crippen LogP contribution in [-0.2, 0) is 18.4 Å². The van der Waals surface area contributed by atoms with E-state index in [0.717, 1.165) is 70.0 Å². The Balaban J connectivity index is 1.13. The second-order valence-corrected chi connectivity index (χ2v) is 9.73. The van der Waals surface area contributed by atoms with Gasteiger partial charge in [-0.25, -0.2) is 4.98 Å². The van der Waals surface area contributed by atoms with Crippen LogP contribution in [0.25, 0.3) is 11.0 Å². The van der Waals surface area contributed by atoms with Crippen molar-refractivity contribution in [1.29, 1.82) is 0 Å². The van der Waals surface area contributed by atoms with Gasteiger partial charge < -0.3 is 14.4 Å². The third-order valence-electron chi connectivity index (χ3n) is 7.48. The molecule has 2 aliphatic heterocycles. The zero-order valence-electron chi connectivity index (χ0n) is 20.1. The number of carbonyl (C=O) groups is 1. The fraction of sp³-hybridized carbons (Fsp3) is 0.481.